The van der Waals surface area contributed by atoms with Crippen LogP contribution in [0.4, 0.5) is 0 Å². The molecule has 226 valence electrons. The summed E-state index contributed by atoms with van der Waals surface area (Å²) in [4.78, 5) is 0. The molecule has 0 aliphatic heterocycles. The fourth-order valence-electron chi connectivity index (χ4n) is 6.94. The predicted molar refractivity (Wildman–Crippen MR) is 186 cm³/mol. The molecule has 5 rings (SSSR count). The molecule has 0 N–H and O–H groups in total. The molecule has 0 heterocycles. The molecule has 1 aliphatic rings. The Morgan fingerprint density at radius 3 is 1.93 bits per heavy atom. The fraction of sp³-hybridized carbons (Fsp3) is 0.400. The first kappa shape index (κ1) is 31.7. The molecule has 0 bridgehead atoms. The van der Waals surface area contributed by atoms with Crippen molar-refractivity contribution in [2.24, 2.45) is 5.92 Å². The lowest BCUT2D eigenvalue weighted by atomic mass is 9.77. The van der Waals surface area contributed by atoms with Gasteiger partial charge < -0.3 is 4.74 Å². The Kier molecular flexibility index (Phi) is 12.1. The van der Waals surface area contributed by atoms with E-state index in [9.17, 15) is 0 Å². The monoisotopic (exact) mass is 612 g/mol. The van der Waals surface area contributed by atoms with E-state index >= 15 is 0 Å². The number of aryl methyl sites for hydroxylation is 1. The Bertz CT molecular complexity index is 1390. The van der Waals surface area contributed by atoms with E-state index in [0.29, 0.717) is 24.3 Å². The highest BCUT2D eigenvalue weighted by atomic mass is 35.5. The van der Waals surface area contributed by atoms with Crippen LogP contribution in [0.25, 0.3) is 22.3 Å². The molecule has 43 heavy (non-hydrogen) atoms. The minimum absolute atomic E-state index is 0.447. The zero-order valence-corrected chi connectivity index (χ0v) is 27.2. The molecule has 1 aliphatic carbocycles. The molecule has 4 aromatic rings. The number of unbranched alkanes of at least 4 members (excludes halogenated alkanes) is 2. The normalized spacial score (nSPS) is 16.7. The quantitative estimate of drug-likeness (QED) is 0.102. The van der Waals surface area contributed by atoms with Gasteiger partial charge in [0.2, 0.25) is 0 Å². The Morgan fingerprint density at radius 1 is 0.674 bits per heavy atom. The van der Waals surface area contributed by atoms with Crippen LogP contribution in [0.3, 0.4) is 0 Å². The van der Waals surface area contributed by atoms with Crippen molar-refractivity contribution in [3.05, 3.63) is 113 Å². The summed E-state index contributed by atoms with van der Waals surface area (Å²) < 4.78 is 6.22. The Hall–Kier alpha value is -2.74. The lowest BCUT2D eigenvalue weighted by Crippen LogP contribution is -2.13. The summed E-state index contributed by atoms with van der Waals surface area (Å²) in [6, 6.07) is 32.3. The van der Waals surface area contributed by atoms with E-state index in [1.165, 1.54) is 90.3 Å². The third kappa shape index (κ3) is 8.25. The lowest BCUT2D eigenvalue weighted by molar-refractivity contribution is 0.301. The lowest BCUT2D eigenvalue weighted by Gasteiger charge is -2.29. The maximum atomic E-state index is 6.70. The van der Waals surface area contributed by atoms with Crippen LogP contribution in [0.1, 0.15) is 92.9 Å². The topological polar surface area (TPSA) is 9.23 Å². The van der Waals surface area contributed by atoms with E-state index < -0.39 is 0 Å². The maximum Gasteiger partial charge on any atom is 0.119 e. The van der Waals surface area contributed by atoms with Gasteiger partial charge in [-0.2, -0.15) is 0 Å². The van der Waals surface area contributed by atoms with Gasteiger partial charge in [0.15, 0.2) is 0 Å². The molecule has 0 amide bonds. The highest BCUT2D eigenvalue weighted by Gasteiger charge is 2.22. The van der Waals surface area contributed by atoms with Crippen molar-refractivity contribution >= 4 is 23.2 Å². The molecule has 0 saturated heterocycles. The number of ether oxygens (including phenoxy) is 1. The number of hydrogen-bond acceptors (Lipinski definition) is 1. The second-order valence-electron chi connectivity index (χ2n) is 12.2. The van der Waals surface area contributed by atoms with Crippen LogP contribution >= 0.6 is 23.2 Å². The third-order valence-electron chi connectivity index (χ3n) is 9.28. The molecule has 1 fully saturated rings. The van der Waals surface area contributed by atoms with Gasteiger partial charge in [0.1, 0.15) is 5.75 Å². The summed E-state index contributed by atoms with van der Waals surface area (Å²) in [5, 5.41) is 0. The van der Waals surface area contributed by atoms with Gasteiger partial charge in [-0.25, -0.2) is 0 Å². The average molecular weight is 614 g/mol. The highest BCUT2D eigenvalue weighted by molar-refractivity contribution is 6.19. The minimum Gasteiger partial charge on any atom is -0.494 e. The van der Waals surface area contributed by atoms with Gasteiger partial charge >= 0.3 is 0 Å². The van der Waals surface area contributed by atoms with E-state index in [4.69, 9.17) is 27.9 Å². The molecule has 0 atom stereocenters. The van der Waals surface area contributed by atoms with Crippen LogP contribution in [-0.4, -0.2) is 6.61 Å². The van der Waals surface area contributed by atoms with Crippen LogP contribution in [0, 0.1) is 5.92 Å². The van der Waals surface area contributed by atoms with Crippen molar-refractivity contribution in [2.75, 3.05) is 6.61 Å². The van der Waals surface area contributed by atoms with Crippen molar-refractivity contribution in [2.45, 2.75) is 88.8 Å². The standard InChI is InChI=1S/C40H46Cl2O/c1-2-3-6-12-30-18-20-31(21-19-30)32-22-24-37(25-23-32)43-26-11-17-35-27-36(28-41)39(33-13-7-4-8-14-33)40(38(35)29-42)34-15-9-5-10-16-34/h4-5,7-10,13-16,22-25,27,30-31H,2-3,6,11-12,17-21,26,28-29H2,1H3. The van der Waals surface area contributed by atoms with E-state index in [1.54, 1.807) is 0 Å². The average Bonchev–Trinajstić information content (AvgIpc) is 3.07. The number of halogens is 2. The van der Waals surface area contributed by atoms with Crippen molar-refractivity contribution in [1.82, 2.24) is 0 Å². The summed E-state index contributed by atoms with van der Waals surface area (Å²) in [6.45, 7) is 2.97. The van der Waals surface area contributed by atoms with E-state index in [2.05, 4.69) is 97.9 Å². The van der Waals surface area contributed by atoms with Gasteiger partial charge in [0.25, 0.3) is 0 Å². The van der Waals surface area contributed by atoms with Gasteiger partial charge in [-0.1, -0.05) is 111 Å². The van der Waals surface area contributed by atoms with Gasteiger partial charge in [-0.05, 0) is 107 Å². The van der Waals surface area contributed by atoms with Gasteiger partial charge in [-0.3, -0.25) is 0 Å². The van der Waals surface area contributed by atoms with Crippen LogP contribution in [0.15, 0.2) is 91.0 Å². The molecule has 0 unspecified atom stereocenters. The molecule has 4 aromatic carbocycles. The molecule has 0 spiro atoms. The van der Waals surface area contributed by atoms with Crippen LogP contribution in [0.5, 0.6) is 5.75 Å². The molecule has 0 aromatic heterocycles. The molecule has 1 nitrogen and oxygen atoms in total. The first-order valence-corrected chi connectivity index (χ1v) is 17.4. The Labute approximate surface area is 269 Å². The van der Waals surface area contributed by atoms with Crippen LogP contribution in [-0.2, 0) is 18.2 Å². The molecule has 1 saturated carbocycles. The van der Waals surface area contributed by atoms with Crippen molar-refractivity contribution in [1.29, 1.82) is 0 Å². The second kappa shape index (κ2) is 16.4. The van der Waals surface area contributed by atoms with E-state index in [-0.39, 0.29) is 0 Å². The van der Waals surface area contributed by atoms with Crippen molar-refractivity contribution < 1.29 is 4.74 Å². The highest BCUT2D eigenvalue weighted by Crippen LogP contribution is 2.42. The van der Waals surface area contributed by atoms with Crippen molar-refractivity contribution in [3.63, 3.8) is 0 Å². The predicted octanol–water partition coefficient (Wildman–Crippen LogP) is 12.4. The summed E-state index contributed by atoms with van der Waals surface area (Å²) in [6.07, 6.45) is 12.8. The maximum absolute atomic E-state index is 6.70. The molecule has 3 heteroatoms. The zero-order chi connectivity index (χ0) is 29.9. The van der Waals surface area contributed by atoms with E-state index in [0.717, 1.165) is 30.1 Å². The van der Waals surface area contributed by atoms with Gasteiger partial charge in [-0.15, -0.1) is 23.2 Å². The molecular formula is C40H46Cl2O. The fourth-order valence-corrected chi connectivity index (χ4v) is 7.45. The van der Waals surface area contributed by atoms with Gasteiger partial charge in [0, 0.05) is 11.8 Å². The number of rotatable bonds is 14. The first-order chi connectivity index (χ1) is 21.2. The molecular weight excluding hydrogens is 567 g/mol. The van der Waals surface area contributed by atoms with Crippen LogP contribution < -0.4 is 4.74 Å². The smallest absolute Gasteiger partial charge is 0.119 e. The Balaban J connectivity index is 1.23. The largest absolute Gasteiger partial charge is 0.494 e. The number of hydrogen-bond donors (Lipinski definition) is 0. The zero-order valence-electron chi connectivity index (χ0n) is 25.7. The van der Waals surface area contributed by atoms with Gasteiger partial charge in [0.05, 0.1) is 6.61 Å². The summed E-state index contributed by atoms with van der Waals surface area (Å²) >= 11 is 13.3. The van der Waals surface area contributed by atoms with E-state index in [1.807, 2.05) is 0 Å². The Morgan fingerprint density at radius 2 is 1.33 bits per heavy atom. The second-order valence-corrected chi connectivity index (χ2v) is 12.7. The summed E-state index contributed by atoms with van der Waals surface area (Å²) in [5.41, 5.74) is 9.78. The SMILES string of the molecule is CCCCCC1CCC(c2ccc(OCCCc3cc(CCl)c(-c4ccccc4)c(-c4ccccc4)c3CCl)cc2)CC1. The number of alkyl halides is 2. The van der Waals surface area contributed by atoms with Crippen molar-refractivity contribution in [3.8, 4) is 28.0 Å². The number of benzene rings is 4. The first-order valence-electron chi connectivity index (χ1n) is 16.3. The molecule has 0 radical (unpaired) electrons. The van der Waals surface area contributed by atoms with Crippen LogP contribution in [0.2, 0.25) is 0 Å². The summed E-state index contributed by atoms with van der Waals surface area (Å²) in [7, 11) is 0. The third-order valence-corrected chi connectivity index (χ3v) is 9.84. The minimum atomic E-state index is 0.447. The summed E-state index contributed by atoms with van der Waals surface area (Å²) in [5.74, 6) is 3.51.